The third-order valence-electron chi connectivity index (χ3n) is 4.77. The minimum atomic E-state index is -0.532. The van der Waals surface area contributed by atoms with E-state index in [1.807, 2.05) is 6.07 Å². The molecule has 1 N–H and O–H groups in total. The Hall–Kier alpha value is -2.64. The molecule has 3 aromatic rings. The molecule has 0 bridgehead atoms. The van der Waals surface area contributed by atoms with E-state index in [0.717, 1.165) is 19.5 Å². The number of likely N-dealkylation sites (tertiary alicyclic amines) is 1. The Morgan fingerprint density at radius 1 is 1.25 bits per heavy atom. The maximum absolute atomic E-state index is 14.3. The summed E-state index contributed by atoms with van der Waals surface area (Å²) in [5.74, 6) is 1.14. The van der Waals surface area contributed by atoms with E-state index >= 15 is 0 Å². The number of benzene rings is 2. The van der Waals surface area contributed by atoms with Crippen LogP contribution in [0.25, 0.3) is 10.9 Å². The number of methoxy groups -OCH3 is 1. The van der Waals surface area contributed by atoms with Crippen molar-refractivity contribution in [2.45, 2.75) is 12.5 Å². The monoisotopic (exact) mass is 402 g/mol. The van der Waals surface area contributed by atoms with E-state index in [4.69, 9.17) is 21.1 Å². The molecule has 0 spiro atoms. The van der Waals surface area contributed by atoms with Gasteiger partial charge in [-0.3, -0.25) is 0 Å². The van der Waals surface area contributed by atoms with Crippen molar-refractivity contribution in [2.24, 2.45) is 0 Å². The molecule has 4 rings (SSSR count). The van der Waals surface area contributed by atoms with E-state index in [-0.39, 0.29) is 16.8 Å². The Bertz CT molecular complexity index is 1020. The first-order valence-electron chi connectivity index (χ1n) is 8.94. The maximum atomic E-state index is 14.3. The highest BCUT2D eigenvalue weighted by atomic mass is 35.5. The van der Waals surface area contributed by atoms with Crippen LogP contribution >= 0.6 is 11.6 Å². The molecule has 0 radical (unpaired) electrons. The molecular formula is C20H20ClFN4O2. The summed E-state index contributed by atoms with van der Waals surface area (Å²) in [5, 5.41) is 3.75. The van der Waals surface area contributed by atoms with Crippen molar-refractivity contribution in [3.05, 3.63) is 47.5 Å². The lowest BCUT2D eigenvalue weighted by Crippen LogP contribution is -2.21. The number of nitrogens with zero attached hydrogens (tertiary/aromatic N) is 3. The van der Waals surface area contributed by atoms with E-state index in [1.54, 1.807) is 25.3 Å². The lowest BCUT2D eigenvalue weighted by molar-refractivity contribution is 0.200. The fourth-order valence-electron chi connectivity index (χ4n) is 3.31. The number of aromatic nitrogens is 2. The predicted molar refractivity (Wildman–Crippen MR) is 107 cm³/mol. The molecule has 28 heavy (non-hydrogen) atoms. The van der Waals surface area contributed by atoms with Gasteiger partial charge >= 0.3 is 0 Å². The summed E-state index contributed by atoms with van der Waals surface area (Å²) in [4.78, 5) is 10.8. The molecule has 1 fully saturated rings. The molecule has 1 saturated heterocycles. The van der Waals surface area contributed by atoms with Crippen LogP contribution in [0, 0.1) is 5.82 Å². The summed E-state index contributed by atoms with van der Waals surface area (Å²) in [6.07, 6.45) is 2.45. The Labute approximate surface area is 167 Å². The van der Waals surface area contributed by atoms with Crippen molar-refractivity contribution in [1.29, 1.82) is 0 Å². The van der Waals surface area contributed by atoms with Crippen molar-refractivity contribution in [3.8, 4) is 11.5 Å². The number of likely N-dealkylation sites (N-methyl/N-ethyl adjacent to an activating group) is 1. The molecule has 1 aliphatic rings. The van der Waals surface area contributed by atoms with Gasteiger partial charge in [0.15, 0.2) is 17.3 Å². The lowest BCUT2D eigenvalue weighted by Gasteiger charge is -2.18. The average molecular weight is 403 g/mol. The second-order valence-corrected chi connectivity index (χ2v) is 7.17. The predicted octanol–water partition coefficient (Wildman–Crippen LogP) is 4.26. The average Bonchev–Trinajstić information content (AvgIpc) is 3.10. The lowest BCUT2D eigenvalue weighted by atomic mass is 10.2. The Morgan fingerprint density at radius 3 is 2.86 bits per heavy atom. The van der Waals surface area contributed by atoms with Crippen molar-refractivity contribution in [2.75, 3.05) is 32.6 Å². The normalized spacial score (nSPS) is 17.1. The molecule has 0 amide bonds. The van der Waals surface area contributed by atoms with Gasteiger partial charge in [0.25, 0.3) is 0 Å². The van der Waals surface area contributed by atoms with Crippen LogP contribution in [0.5, 0.6) is 11.5 Å². The Kier molecular flexibility index (Phi) is 5.19. The number of ether oxygens (including phenoxy) is 2. The summed E-state index contributed by atoms with van der Waals surface area (Å²) >= 11 is 5.88. The molecule has 2 heterocycles. The topological polar surface area (TPSA) is 59.5 Å². The zero-order valence-electron chi connectivity index (χ0n) is 15.6. The van der Waals surface area contributed by atoms with Gasteiger partial charge in [0.05, 0.1) is 23.3 Å². The molecule has 2 aromatic carbocycles. The summed E-state index contributed by atoms with van der Waals surface area (Å²) in [6, 6.07) is 8.40. The van der Waals surface area contributed by atoms with Gasteiger partial charge in [-0.15, -0.1) is 0 Å². The van der Waals surface area contributed by atoms with Crippen LogP contribution in [-0.2, 0) is 0 Å². The molecular weight excluding hydrogens is 383 g/mol. The second kappa shape index (κ2) is 7.77. The Balaban J connectivity index is 1.73. The molecule has 1 atom stereocenters. The van der Waals surface area contributed by atoms with Gasteiger partial charge in [-0.25, -0.2) is 14.4 Å². The molecule has 6 nitrogen and oxygen atoms in total. The van der Waals surface area contributed by atoms with E-state index < -0.39 is 5.82 Å². The first kappa shape index (κ1) is 18.7. The third-order valence-corrected chi connectivity index (χ3v) is 5.06. The minimum Gasteiger partial charge on any atom is -0.493 e. The SMILES string of the molecule is COc1cc2ncnc(Nc3cccc(Cl)c3F)c2cc1O[C@H]1CCN(C)C1. The molecule has 0 saturated carbocycles. The smallest absolute Gasteiger partial charge is 0.165 e. The molecule has 146 valence electrons. The largest absolute Gasteiger partial charge is 0.493 e. The van der Waals surface area contributed by atoms with Gasteiger partial charge in [-0.1, -0.05) is 17.7 Å². The highest BCUT2D eigenvalue weighted by Gasteiger charge is 2.23. The number of nitrogens with one attached hydrogen (secondary N) is 1. The van der Waals surface area contributed by atoms with Gasteiger partial charge < -0.3 is 19.7 Å². The quantitative estimate of drug-likeness (QED) is 0.688. The van der Waals surface area contributed by atoms with Crippen molar-refractivity contribution in [3.63, 3.8) is 0 Å². The number of rotatable bonds is 5. The van der Waals surface area contributed by atoms with Gasteiger partial charge in [0.2, 0.25) is 0 Å². The van der Waals surface area contributed by atoms with E-state index in [2.05, 4.69) is 27.2 Å². The second-order valence-electron chi connectivity index (χ2n) is 6.76. The summed E-state index contributed by atoms with van der Waals surface area (Å²) in [6.45, 7) is 1.84. The fraction of sp³-hybridized carbons (Fsp3) is 0.300. The van der Waals surface area contributed by atoms with Gasteiger partial charge in [-0.05, 0) is 31.7 Å². The van der Waals surface area contributed by atoms with Gasteiger partial charge in [0, 0.05) is 24.5 Å². The van der Waals surface area contributed by atoms with Crippen molar-refractivity contribution < 1.29 is 13.9 Å². The number of hydrogen-bond acceptors (Lipinski definition) is 6. The fourth-order valence-corrected chi connectivity index (χ4v) is 3.49. The minimum absolute atomic E-state index is 0.0411. The number of halogens is 2. The van der Waals surface area contributed by atoms with E-state index in [0.29, 0.717) is 28.2 Å². The van der Waals surface area contributed by atoms with Gasteiger partial charge in [0.1, 0.15) is 18.2 Å². The van der Waals surface area contributed by atoms with Crippen LogP contribution < -0.4 is 14.8 Å². The van der Waals surface area contributed by atoms with Crippen LogP contribution in [0.2, 0.25) is 5.02 Å². The van der Waals surface area contributed by atoms with E-state index in [1.165, 1.54) is 12.4 Å². The number of anilines is 2. The van der Waals surface area contributed by atoms with Crippen LogP contribution in [0.3, 0.4) is 0 Å². The van der Waals surface area contributed by atoms with Crippen LogP contribution in [0.1, 0.15) is 6.42 Å². The summed E-state index contributed by atoms with van der Waals surface area (Å²) in [7, 11) is 3.66. The molecule has 1 aliphatic heterocycles. The van der Waals surface area contributed by atoms with Crippen molar-refractivity contribution >= 4 is 34.0 Å². The molecule has 1 aromatic heterocycles. The standard InChI is InChI=1S/C20H20ClFN4O2/c1-26-7-6-12(10-26)28-18-8-13-16(9-17(18)27-2)23-11-24-20(13)25-15-5-3-4-14(21)19(15)22/h3-5,8-9,11-12H,6-7,10H2,1-2H3,(H,23,24,25)/t12-/m0/s1. The number of fused-ring (bicyclic) bond motifs is 1. The third kappa shape index (κ3) is 3.68. The highest BCUT2D eigenvalue weighted by Crippen LogP contribution is 2.36. The highest BCUT2D eigenvalue weighted by molar-refractivity contribution is 6.31. The van der Waals surface area contributed by atoms with Crippen LogP contribution in [-0.4, -0.2) is 48.2 Å². The van der Waals surface area contributed by atoms with Gasteiger partial charge in [-0.2, -0.15) is 0 Å². The van der Waals surface area contributed by atoms with E-state index in [9.17, 15) is 4.39 Å². The first-order valence-corrected chi connectivity index (χ1v) is 9.32. The zero-order valence-corrected chi connectivity index (χ0v) is 16.3. The maximum Gasteiger partial charge on any atom is 0.165 e. The first-order chi connectivity index (χ1) is 13.5. The molecule has 0 unspecified atom stereocenters. The van der Waals surface area contributed by atoms with Crippen molar-refractivity contribution in [1.82, 2.24) is 14.9 Å². The summed E-state index contributed by atoms with van der Waals surface area (Å²) < 4.78 is 26.0. The Morgan fingerprint density at radius 2 is 2.11 bits per heavy atom. The molecule has 8 heteroatoms. The number of hydrogen-bond donors (Lipinski definition) is 1. The zero-order chi connectivity index (χ0) is 19.7. The summed E-state index contributed by atoms with van der Waals surface area (Å²) in [5.41, 5.74) is 0.899. The molecule has 0 aliphatic carbocycles. The van der Waals surface area contributed by atoms with Crippen LogP contribution in [0.4, 0.5) is 15.9 Å². The van der Waals surface area contributed by atoms with Crippen LogP contribution in [0.15, 0.2) is 36.7 Å².